The molecule has 2 aliphatic heterocycles. The molecule has 0 aromatic heterocycles. The molecular formula is C34H38N4O5. The minimum Gasteiger partial charge on any atom is -0.492 e. The number of urea groups is 1. The zero-order valence-corrected chi connectivity index (χ0v) is 24.8. The summed E-state index contributed by atoms with van der Waals surface area (Å²) in [6, 6.07) is 24.6. The first-order valence-corrected chi connectivity index (χ1v) is 14.8. The molecule has 4 amide bonds. The topological polar surface area (TPSA) is 100 Å². The lowest BCUT2D eigenvalue weighted by molar-refractivity contribution is -0.137. The molecule has 224 valence electrons. The summed E-state index contributed by atoms with van der Waals surface area (Å²) in [5.74, 6) is 1.67. The third kappa shape index (κ3) is 6.83. The van der Waals surface area contributed by atoms with Crippen LogP contribution in [0.2, 0.25) is 0 Å². The second kappa shape index (κ2) is 13.5. The Morgan fingerprint density at radius 1 is 0.953 bits per heavy atom. The third-order valence-corrected chi connectivity index (χ3v) is 7.52. The minimum absolute atomic E-state index is 0.159. The monoisotopic (exact) mass is 582 g/mol. The van der Waals surface area contributed by atoms with Crippen molar-refractivity contribution in [3.63, 3.8) is 0 Å². The maximum atomic E-state index is 14.2. The van der Waals surface area contributed by atoms with Crippen molar-refractivity contribution in [1.82, 2.24) is 20.4 Å². The van der Waals surface area contributed by atoms with Crippen LogP contribution in [0.15, 0.2) is 96.2 Å². The number of para-hydroxylation sites is 2. The van der Waals surface area contributed by atoms with Crippen LogP contribution in [0.3, 0.4) is 0 Å². The predicted molar refractivity (Wildman–Crippen MR) is 164 cm³/mol. The third-order valence-electron chi connectivity index (χ3n) is 7.52. The maximum absolute atomic E-state index is 14.2. The Bertz CT molecular complexity index is 1470. The number of hydrogen-bond acceptors (Lipinski definition) is 5. The van der Waals surface area contributed by atoms with Gasteiger partial charge in [0, 0.05) is 6.54 Å². The highest BCUT2D eigenvalue weighted by Gasteiger charge is 2.46. The van der Waals surface area contributed by atoms with Crippen LogP contribution < -0.4 is 20.1 Å². The molecule has 0 unspecified atom stereocenters. The SMILES string of the molecule is CCN1C(=O)N[C@@H](c2cccc(Oc3ccccc3)c2)C2=C1CN([C@H](CC(C)C)C(=O)NCCOc1ccccc1)C2=O. The van der Waals surface area contributed by atoms with Gasteiger partial charge in [0.1, 0.15) is 29.9 Å². The molecule has 2 atom stereocenters. The number of benzene rings is 3. The largest absolute Gasteiger partial charge is 0.492 e. The number of rotatable bonds is 12. The Morgan fingerprint density at radius 3 is 2.30 bits per heavy atom. The zero-order chi connectivity index (χ0) is 30.3. The summed E-state index contributed by atoms with van der Waals surface area (Å²) >= 11 is 0. The second-order valence-corrected chi connectivity index (χ2v) is 11.0. The molecule has 43 heavy (non-hydrogen) atoms. The summed E-state index contributed by atoms with van der Waals surface area (Å²) in [7, 11) is 0. The van der Waals surface area contributed by atoms with Gasteiger partial charge in [-0.25, -0.2) is 4.79 Å². The van der Waals surface area contributed by atoms with Crippen molar-refractivity contribution in [2.75, 3.05) is 26.2 Å². The average Bonchev–Trinajstić information content (AvgIpc) is 3.35. The first kappa shape index (κ1) is 29.7. The van der Waals surface area contributed by atoms with E-state index in [-0.39, 0.29) is 30.3 Å². The molecule has 2 heterocycles. The van der Waals surface area contributed by atoms with Crippen LogP contribution >= 0.6 is 0 Å². The summed E-state index contributed by atoms with van der Waals surface area (Å²) < 4.78 is 11.8. The van der Waals surface area contributed by atoms with Gasteiger partial charge in [0.15, 0.2) is 0 Å². The molecule has 0 fully saturated rings. The van der Waals surface area contributed by atoms with Crippen molar-refractivity contribution >= 4 is 17.8 Å². The molecule has 3 aromatic rings. The van der Waals surface area contributed by atoms with Crippen molar-refractivity contribution in [2.24, 2.45) is 5.92 Å². The van der Waals surface area contributed by atoms with E-state index in [1.807, 2.05) is 106 Å². The van der Waals surface area contributed by atoms with E-state index in [0.29, 0.717) is 48.9 Å². The molecule has 0 spiro atoms. The van der Waals surface area contributed by atoms with Crippen LogP contribution in [0.25, 0.3) is 0 Å². The lowest BCUT2D eigenvalue weighted by Crippen LogP contribution is -2.50. The number of hydrogen-bond donors (Lipinski definition) is 2. The molecule has 0 bridgehead atoms. The van der Waals surface area contributed by atoms with Gasteiger partial charge in [-0.3, -0.25) is 14.5 Å². The van der Waals surface area contributed by atoms with E-state index in [4.69, 9.17) is 9.47 Å². The van der Waals surface area contributed by atoms with E-state index >= 15 is 0 Å². The highest BCUT2D eigenvalue weighted by atomic mass is 16.5. The average molecular weight is 583 g/mol. The van der Waals surface area contributed by atoms with E-state index in [1.165, 1.54) is 0 Å². The maximum Gasteiger partial charge on any atom is 0.322 e. The molecule has 0 saturated carbocycles. The van der Waals surface area contributed by atoms with Crippen LogP contribution in [-0.2, 0) is 9.59 Å². The van der Waals surface area contributed by atoms with Crippen LogP contribution in [0, 0.1) is 5.92 Å². The highest BCUT2D eigenvalue weighted by molar-refractivity contribution is 6.03. The fourth-order valence-electron chi connectivity index (χ4n) is 5.53. The smallest absolute Gasteiger partial charge is 0.322 e. The van der Waals surface area contributed by atoms with Gasteiger partial charge in [-0.05, 0) is 61.2 Å². The normalized spacial score (nSPS) is 17.1. The molecule has 2 aliphatic rings. The van der Waals surface area contributed by atoms with E-state index in [0.717, 1.165) is 11.3 Å². The molecule has 9 nitrogen and oxygen atoms in total. The predicted octanol–water partition coefficient (Wildman–Crippen LogP) is 5.27. The Labute approximate surface area is 252 Å². The van der Waals surface area contributed by atoms with Gasteiger partial charge in [0.2, 0.25) is 5.91 Å². The van der Waals surface area contributed by atoms with Crippen molar-refractivity contribution < 1.29 is 23.9 Å². The number of likely N-dealkylation sites (N-methyl/N-ethyl adjacent to an activating group) is 1. The highest BCUT2D eigenvalue weighted by Crippen LogP contribution is 2.38. The van der Waals surface area contributed by atoms with Crippen LogP contribution in [-0.4, -0.2) is 59.9 Å². The fraction of sp³-hybridized carbons (Fsp3) is 0.324. The number of carbonyl (C=O) groups excluding carboxylic acids is 3. The summed E-state index contributed by atoms with van der Waals surface area (Å²) in [6.07, 6.45) is 0.482. The summed E-state index contributed by atoms with van der Waals surface area (Å²) in [5, 5.41) is 5.98. The second-order valence-electron chi connectivity index (χ2n) is 11.0. The number of carbonyl (C=O) groups is 3. The molecule has 9 heteroatoms. The van der Waals surface area contributed by atoms with Gasteiger partial charge in [0.25, 0.3) is 5.91 Å². The molecule has 2 N–H and O–H groups in total. The molecule has 0 saturated heterocycles. The first-order chi connectivity index (χ1) is 20.9. The molecule has 0 radical (unpaired) electrons. The molecule has 3 aromatic carbocycles. The first-order valence-electron chi connectivity index (χ1n) is 14.8. The van der Waals surface area contributed by atoms with Gasteiger partial charge in [0.05, 0.1) is 30.4 Å². The summed E-state index contributed by atoms with van der Waals surface area (Å²) in [4.78, 5) is 44.1. The van der Waals surface area contributed by atoms with Gasteiger partial charge in [-0.2, -0.15) is 0 Å². The Kier molecular flexibility index (Phi) is 9.29. The Balaban J connectivity index is 1.36. The van der Waals surface area contributed by atoms with Gasteiger partial charge in [-0.1, -0.05) is 62.4 Å². The Morgan fingerprint density at radius 2 is 1.63 bits per heavy atom. The van der Waals surface area contributed by atoms with E-state index < -0.39 is 12.1 Å². The summed E-state index contributed by atoms with van der Waals surface area (Å²) in [5.41, 5.74) is 1.83. The fourth-order valence-corrected chi connectivity index (χ4v) is 5.53. The number of nitrogens with one attached hydrogen (secondary N) is 2. The molecule has 5 rings (SSSR count). The van der Waals surface area contributed by atoms with Crippen LogP contribution in [0.1, 0.15) is 38.8 Å². The Hall–Kier alpha value is -4.79. The van der Waals surface area contributed by atoms with E-state index in [1.54, 1.807) is 9.80 Å². The quantitative estimate of drug-likeness (QED) is 0.284. The number of amides is 4. The standard InChI is InChI=1S/C34H38N4O5/c1-4-37-29-22-38(28(20-23(2)3)32(39)35-18-19-42-25-13-7-5-8-14-25)33(40)30(29)31(36-34(37)41)24-12-11-17-27(21-24)43-26-15-9-6-10-16-26/h5-17,21,23,28,31H,4,18-20,22H2,1-3H3,(H,35,39)(H,36,41)/t28-,31+/m1/s1. The van der Waals surface area contributed by atoms with Crippen LogP contribution in [0.5, 0.6) is 17.2 Å². The lowest BCUT2D eigenvalue weighted by Gasteiger charge is -2.33. The molecule has 0 aliphatic carbocycles. The lowest BCUT2D eigenvalue weighted by atomic mass is 9.95. The van der Waals surface area contributed by atoms with E-state index in [9.17, 15) is 14.4 Å². The van der Waals surface area contributed by atoms with Crippen molar-refractivity contribution in [2.45, 2.75) is 39.3 Å². The number of nitrogens with zero attached hydrogens (tertiary/aromatic N) is 2. The van der Waals surface area contributed by atoms with E-state index in [2.05, 4.69) is 10.6 Å². The minimum atomic E-state index is -0.697. The van der Waals surface area contributed by atoms with Crippen molar-refractivity contribution in [3.8, 4) is 17.2 Å². The van der Waals surface area contributed by atoms with Gasteiger partial charge < -0.3 is 25.0 Å². The summed E-state index contributed by atoms with van der Waals surface area (Å²) in [6.45, 7) is 7.10. The van der Waals surface area contributed by atoms with Crippen molar-refractivity contribution in [3.05, 3.63) is 102 Å². The van der Waals surface area contributed by atoms with Gasteiger partial charge in [-0.15, -0.1) is 0 Å². The molecular weight excluding hydrogens is 544 g/mol. The van der Waals surface area contributed by atoms with Crippen molar-refractivity contribution in [1.29, 1.82) is 0 Å². The zero-order valence-electron chi connectivity index (χ0n) is 24.8. The van der Waals surface area contributed by atoms with Crippen LogP contribution in [0.4, 0.5) is 4.79 Å². The van der Waals surface area contributed by atoms with Gasteiger partial charge >= 0.3 is 6.03 Å². The number of ether oxygens (including phenoxy) is 2.